The normalized spacial score (nSPS) is 27.5. The van der Waals surface area contributed by atoms with Crippen LogP contribution >= 0.6 is 24.8 Å². The van der Waals surface area contributed by atoms with E-state index >= 15 is 0 Å². The van der Waals surface area contributed by atoms with E-state index in [4.69, 9.17) is 5.73 Å². The second kappa shape index (κ2) is 5.17. The molecular formula is C6H14Cl2F2N2. The van der Waals surface area contributed by atoms with E-state index < -0.39 is 5.92 Å². The lowest BCUT2D eigenvalue weighted by Gasteiger charge is -2.14. The lowest BCUT2D eigenvalue weighted by Crippen LogP contribution is -2.31. The van der Waals surface area contributed by atoms with Crippen molar-refractivity contribution in [3.05, 3.63) is 0 Å². The highest BCUT2D eigenvalue weighted by atomic mass is 35.5. The molecule has 0 unspecified atom stereocenters. The molecule has 0 aliphatic carbocycles. The Morgan fingerprint density at radius 1 is 1.50 bits per heavy atom. The van der Waals surface area contributed by atoms with Crippen molar-refractivity contribution in [3.63, 3.8) is 0 Å². The minimum Gasteiger partial charge on any atom is -0.329 e. The van der Waals surface area contributed by atoms with Gasteiger partial charge in [0, 0.05) is 19.0 Å². The third kappa shape index (κ3) is 3.39. The number of hydrogen-bond donors (Lipinski definition) is 1. The van der Waals surface area contributed by atoms with Gasteiger partial charge >= 0.3 is 0 Å². The van der Waals surface area contributed by atoms with E-state index in [1.165, 1.54) is 0 Å². The van der Waals surface area contributed by atoms with E-state index in [1.807, 2.05) is 0 Å². The molecule has 0 saturated carbocycles. The number of likely N-dealkylation sites (tertiary alicyclic amines) is 1. The zero-order valence-corrected chi connectivity index (χ0v) is 8.43. The molecular weight excluding hydrogens is 209 g/mol. The first kappa shape index (κ1) is 14.9. The zero-order chi connectivity index (χ0) is 7.78. The topological polar surface area (TPSA) is 29.3 Å². The van der Waals surface area contributed by atoms with Gasteiger partial charge in [0.25, 0.3) is 5.92 Å². The van der Waals surface area contributed by atoms with Crippen LogP contribution in [0.2, 0.25) is 0 Å². The smallest absolute Gasteiger partial charge is 0.262 e. The first-order chi connectivity index (χ1) is 4.55. The van der Waals surface area contributed by atoms with Crippen molar-refractivity contribution in [3.8, 4) is 0 Å². The highest BCUT2D eigenvalue weighted by Crippen LogP contribution is 2.29. The van der Waals surface area contributed by atoms with Crippen LogP contribution in [0.4, 0.5) is 8.78 Å². The van der Waals surface area contributed by atoms with Crippen LogP contribution in [0.15, 0.2) is 0 Å². The minimum absolute atomic E-state index is 0. The van der Waals surface area contributed by atoms with Crippen molar-refractivity contribution >= 4 is 24.8 Å². The minimum atomic E-state index is -2.52. The average molecular weight is 223 g/mol. The van der Waals surface area contributed by atoms with Gasteiger partial charge in [-0.3, -0.25) is 4.90 Å². The summed E-state index contributed by atoms with van der Waals surface area (Å²) < 4.78 is 25.1. The molecule has 6 heteroatoms. The highest BCUT2D eigenvalue weighted by Gasteiger charge is 2.42. The van der Waals surface area contributed by atoms with E-state index in [1.54, 1.807) is 11.9 Å². The maximum Gasteiger partial charge on any atom is 0.262 e. The number of likely N-dealkylation sites (N-methyl/N-ethyl adjacent to an activating group) is 1. The molecule has 12 heavy (non-hydrogen) atoms. The van der Waals surface area contributed by atoms with Crippen LogP contribution in [0.25, 0.3) is 0 Å². The Kier molecular flexibility index (Phi) is 6.40. The van der Waals surface area contributed by atoms with E-state index in [2.05, 4.69) is 0 Å². The third-order valence-corrected chi connectivity index (χ3v) is 1.91. The van der Waals surface area contributed by atoms with Gasteiger partial charge in [-0.1, -0.05) is 0 Å². The predicted molar refractivity (Wildman–Crippen MR) is 49.5 cm³/mol. The van der Waals surface area contributed by atoms with Crippen molar-refractivity contribution in [1.82, 2.24) is 4.90 Å². The number of nitrogens with zero attached hydrogens (tertiary/aromatic N) is 1. The summed E-state index contributed by atoms with van der Waals surface area (Å²) in [5.41, 5.74) is 5.27. The van der Waals surface area contributed by atoms with Gasteiger partial charge in [0.05, 0.1) is 6.54 Å². The quantitative estimate of drug-likeness (QED) is 0.721. The summed E-state index contributed by atoms with van der Waals surface area (Å²) in [4.78, 5) is 1.61. The average Bonchev–Trinajstić information content (AvgIpc) is 2.05. The Hall–Kier alpha value is 0.360. The van der Waals surface area contributed by atoms with Gasteiger partial charge in [-0.2, -0.15) is 0 Å². The van der Waals surface area contributed by atoms with Crippen LogP contribution in [0.5, 0.6) is 0 Å². The Bertz CT molecular complexity index is 135. The van der Waals surface area contributed by atoms with Crippen LogP contribution in [-0.2, 0) is 0 Å². The molecule has 1 heterocycles. The summed E-state index contributed by atoms with van der Waals surface area (Å²) in [5.74, 6) is -2.52. The summed E-state index contributed by atoms with van der Waals surface area (Å²) in [6.45, 7) is 0.182. The summed E-state index contributed by atoms with van der Waals surface area (Å²) in [5, 5.41) is 0. The Morgan fingerprint density at radius 3 is 2.17 bits per heavy atom. The molecule has 1 aliphatic rings. The largest absolute Gasteiger partial charge is 0.329 e. The molecule has 0 amide bonds. The van der Waals surface area contributed by atoms with Crippen LogP contribution < -0.4 is 5.73 Å². The van der Waals surface area contributed by atoms with E-state index in [9.17, 15) is 8.78 Å². The molecule has 0 bridgehead atoms. The van der Waals surface area contributed by atoms with Crippen molar-refractivity contribution in [2.45, 2.75) is 18.4 Å². The van der Waals surface area contributed by atoms with E-state index in [-0.39, 0.29) is 43.8 Å². The molecule has 0 spiro atoms. The molecule has 1 fully saturated rings. The fraction of sp³-hybridized carbons (Fsp3) is 1.00. The molecule has 1 saturated heterocycles. The molecule has 0 aromatic rings. The Balaban J connectivity index is 0. The SMILES string of the molecule is CN1CC(F)(F)C[C@H]1CN.Cl.Cl. The molecule has 0 aromatic carbocycles. The van der Waals surface area contributed by atoms with Crippen LogP contribution in [-0.4, -0.2) is 37.0 Å². The van der Waals surface area contributed by atoms with Crippen molar-refractivity contribution in [2.24, 2.45) is 5.73 Å². The second-order valence-corrected chi connectivity index (χ2v) is 2.86. The van der Waals surface area contributed by atoms with E-state index in [0.29, 0.717) is 6.54 Å². The van der Waals surface area contributed by atoms with Gasteiger partial charge in [-0.05, 0) is 7.05 Å². The first-order valence-electron chi connectivity index (χ1n) is 3.33. The summed E-state index contributed by atoms with van der Waals surface area (Å²) in [6, 6.07) is -0.130. The highest BCUT2D eigenvalue weighted by molar-refractivity contribution is 5.85. The van der Waals surface area contributed by atoms with Gasteiger partial charge in [-0.25, -0.2) is 8.78 Å². The fourth-order valence-electron chi connectivity index (χ4n) is 1.32. The standard InChI is InChI=1S/C6H12F2N2.2ClH/c1-10-4-6(7,8)2-5(10)3-9;;/h5H,2-4,9H2,1H3;2*1H/t5-;;/m0../s1. The molecule has 1 aliphatic heterocycles. The number of nitrogens with two attached hydrogens (primary N) is 1. The van der Waals surface area contributed by atoms with Gasteiger partial charge in [0.2, 0.25) is 0 Å². The monoisotopic (exact) mass is 222 g/mol. The third-order valence-electron chi connectivity index (χ3n) is 1.91. The van der Waals surface area contributed by atoms with Crippen molar-refractivity contribution in [1.29, 1.82) is 0 Å². The van der Waals surface area contributed by atoms with Gasteiger partial charge in [0.1, 0.15) is 0 Å². The molecule has 2 N–H and O–H groups in total. The summed E-state index contributed by atoms with van der Waals surface area (Å²) in [6.07, 6.45) is -0.0833. The number of halogens is 4. The first-order valence-corrected chi connectivity index (χ1v) is 3.33. The number of rotatable bonds is 1. The molecule has 1 atom stereocenters. The molecule has 0 aromatic heterocycles. The molecule has 1 rings (SSSR count). The number of hydrogen-bond acceptors (Lipinski definition) is 2. The lowest BCUT2D eigenvalue weighted by molar-refractivity contribution is 0.0141. The summed E-state index contributed by atoms with van der Waals surface area (Å²) >= 11 is 0. The maximum absolute atomic E-state index is 12.5. The van der Waals surface area contributed by atoms with Crippen molar-refractivity contribution < 1.29 is 8.78 Å². The van der Waals surface area contributed by atoms with Crippen molar-refractivity contribution in [2.75, 3.05) is 20.1 Å². The Labute approximate surface area is 83.3 Å². The lowest BCUT2D eigenvalue weighted by atomic mass is 10.2. The molecule has 2 nitrogen and oxygen atoms in total. The Morgan fingerprint density at radius 2 is 2.00 bits per heavy atom. The van der Waals surface area contributed by atoms with E-state index in [0.717, 1.165) is 0 Å². The van der Waals surface area contributed by atoms with Crippen LogP contribution in [0, 0.1) is 0 Å². The fourth-order valence-corrected chi connectivity index (χ4v) is 1.32. The predicted octanol–water partition coefficient (Wildman–Crippen LogP) is 1.13. The maximum atomic E-state index is 12.5. The van der Waals surface area contributed by atoms with Crippen LogP contribution in [0.1, 0.15) is 6.42 Å². The zero-order valence-electron chi connectivity index (χ0n) is 6.80. The van der Waals surface area contributed by atoms with Gasteiger partial charge in [0.15, 0.2) is 0 Å². The van der Waals surface area contributed by atoms with Crippen LogP contribution in [0.3, 0.4) is 0 Å². The second-order valence-electron chi connectivity index (χ2n) is 2.86. The van der Waals surface area contributed by atoms with Gasteiger partial charge < -0.3 is 5.73 Å². The van der Waals surface area contributed by atoms with Gasteiger partial charge in [-0.15, -0.1) is 24.8 Å². The number of alkyl halides is 2. The molecule has 76 valence electrons. The summed E-state index contributed by atoms with van der Waals surface area (Å²) in [7, 11) is 1.68. The molecule has 0 radical (unpaired) electrons.